The summed E-state index contributed by atoms with van der Waals surface area (Å²) in [5.74, 6) is 1.47. The molecule has 0 saturated heterocycles. The maximum absolute atomic E-state index is 6.48. The Kier molecular flexibility index (Phi) is 5.07. The average molecular weight is 430 g/mol. The molecule has 0 fully saturated rings. The fraction of sp³-hybridized carbons (Fsp3) is 0.0455. The zero-order valence-corrected chi connectivity index (χ0v) is 16.7. The predicted molar refractivity (Wildman–Crippen MR) is 109 cm³/mol. The number of rotatable bonds is 2. The quantitative estimate of drug-likeness (QED) is 0.488. The van der Waals surface area contributed by atoms with Crippen molar-refractivity contribution in [2.45, 2.75) is 0 Å². The van der Waals surface area contributed by atoms with Gasteiger partial charge in [0.15, 0.2) is 11.5 Å². The van der Waals surface area contributed by atoms with Crippen molar-refractivity contribution in [3.8, 4) is 33.9 Å². The Morgan fingerprint density at radius 2 is 1.61 bits per heavy atom. The SMILES string of the molecule is Clc1ccc2nc(-c3ccc4c(c3)OCO4)cc(-c3ccccc3Cl)c2c1.[Cl-]. The third-order valence-corrected chi connectivity index (χ3v) is 5.17. The summed E-state index contributed by atoms with van der Waals surface area (Å²) in [5.41, 5.74) is 4.56. The maximum atomic E-state index is 6.48. The highest BCUT2D eigenvalue weighted by Crippen LogP contribution is 2.39. The van der Waals surface area contributed by atoms with E-state index in [1.54, 1.807) is 0 Å². The highest BCUT2D eigenvalue weighted by Gasteiger charge is 2.16. The molecule has 0 bridgehead atoms. The van der Waals surface area contributed by atoms with Crippen molar-refractivity contribution in [2.75, 3.05) is 6.79 Å². The zero-order chi connectivity index (χ0) is 18.4. The largest absolute Gasteiger partial charge is 1.00 e. The lowest BCUT2D eigenvalue weighted by molar-refractivity contribution is -0.00000659. The molecule has 3 aromatic carbocycles. The molecule has 0 saturated carbocycles. The second-order valence-corrected chi connectivity index (χ2v) is 7.11. The van der Waals surface area contributed by atoms with E-state index in [0.29, 0.717) is 10.0 Å². The lowest BCUT2D eigenvalue weighted by atomic mass is 9.98. The molecule has 0 radical (unpaired) electrons. The molecule has 28 heavy (non-hydrogen) atoms. The second kappa shape index (κ2) is 7.51. The first-order valence-corrected chi connectivity index (χ1v) is 9.20. The highest BCUT2D eigenvalue weighted by atomic mass is 35.5. The summed E-state index contributed by atoms with van der Waals surface area (Å²) in [6, 6.07) is 21.3. The van der Waals surface area contributed by atoms with Crippen molar-refractivity contribution in [1.29, 1.82) is 0 Å². The number of pyridine rings is 1. The fourth-order valence-electron chi connectivity index (χ4n) is 3.30. The van der Waals surface area contributed by atoms with E-state index in [9.17, 15) is 0 Å². The molecule has 1 aromatic heterocycles. The van der Waals surface area contributed by atoms with Gasteiger partial charge in [0.25, 0.3) is 0 Å². The Labute approximate surface area is 178 Å². The molecule has 1 aliphatic rings. The third-order valence-electron chi connectivity index (χ3n) is 4.60. The van der Waals surface area contributed by atoms with Gasteiger partial charge in [-0.25, -0.2) is 4.98 Å². The minimum atomic E-state index is 0. The van der Waals surface area contributed by atoms with Crippen LogP contribution in [0, 0.1) is 0 Å². The van der Waals surface area contributed by atoms with Gasteiger partial charge in [0.1, 0.15) is 0 Å². The van der Waals surface area contributed by atoms with Crippen LogP contribution >= 0.6 is 23.2 Å². The molecule has 0 N–H and O–H groups in total. The fourth-order valence-corrected chi connectivity index (χ4v) is 3.71. The van der Waals surface area contributed by atoms with Crippen LogP contribution < -0.4 is 21.9 Å². The van der Waals surface area contributed by atoms with Crippen molar-refractivity contribution >= 4 is 34.1 Å². The number of aromatic nitrogens is 1. The predicted octanol–water partition coefficient (Wildman–Crippen LogP) is 3.61. The number of benzene rings is 3. The zero-order valence-electron chi connectivity index (χ0n) is 14.5. The Hall–Kier alpha value is -2.46. The van der Waals surface area contributed by atoms with Gasteiger partial charge in [0.05, 0.1) is 11.2 Å². The molecular formula is C22H13Cl3NO2-. The third kappa shape index (κ3) is 3.26. The molecule has 1 aliphatic heterocycles. The standard InChI is InChI=1S/C22H13Cl2NO2.ClH/c23-14-6-7-19-17(10-14)16(15-3-1-2-4-18(15)24)11-20(25-19)13-5-8-21-22(9-13)27-12-26-21;/h1-11H,12H2;1H/p-1. The minimum absolute atomic E-state index is 0. The molecule has 0 amide bonds. The average Bonchev–Trinajstić information content (AvgIpc) is 3.15. The van der Waals surface area contributed by atoms with Crippen molar-refractivity contribution < 1.29 is 21.9 Å². The first-order valence-electron chi connectivity index (χ1n) is 8.44. The van der Waals surface area contributed by atoms with E-state index in [1.165, 1.54) is 0 Å². The second-order valence-electron chi connectivity index (χ2n) is 6.26. The Balaban J connectivity index is 0.00000192. The first kappa shape index (κ1) is 18.9. The molecule has 140 valence electrons. The molecule has 2 heterocycles. The van der Waals surface area contributed by atoms with Gasteiger partial charge in [-0.1, -0.05) is 41.4 Å². The number of nitrogens with zero attached hydrogens (tertiary/aromatic N) is 1. The van der Waals surface area contributed by atoms with Crippen LogP contribution in [0.3, 0.4) is 0 Å². The number of hydrogen-bond donors (Lipinski definition) is 0. The summed E-state index contributed by atoms with van der Waals surface area (Å²) >= 11 is 12.7. The highest BCUT2D eigenvalue weighted by molar-refractivity contribution is 6.34. The summed E-state index contributed by atoms with van der Waals surface area (Å²) in [6.45, 7) is 0.243. The molecular weight excluding hydrogens is 417 g/mol. The van der Waals surface area contributed by atoms with Crippen molar-refractivity contribution in [1.82, 2.24) is 4.98 Å². The van der Waals surface area contributed by atoms with Crippen LogP contribution in [0.4, 0.5) is 0 Å². The Morgan fingerprint density at radius 3 is 2.46 bits per heavy atom. The summed E-state index contributed by atoms with van der Waals surface area (Å²) < 4.78 is 10.9. The first-order chi connectivity index (χ1) is 13.2. The lowest BCUT2D eigenvalue weighted by Crippen LogP contribution is -3.00. The van der Waals surface area contributed by atoms with E-state index < -0.39 is 0 Å². The van der Waals surface area contributed by atoms with Crippen LogP contribution in [0.1, 0.15) is 0 Å². The molecule has 0 aliphatic carbocycles. The van der Waals surface area contributed by atoms with Crippen LogP contribution in [0.25, 0.3) is 33.3 Å². The smallest absolute Gasteiger partial charge is 0.231 e. The van der Waals surface area contributed by atoms with Crippen LogP contribution in [0.15, 0.2) is 66.7 Å². The van der Waals surface area contributed by atoms with E-state index in [-0.39, 0.29) is 19.2 Å². The topological polar surface area (TPSA) is 31.4 Å². The molecule has 4 aromatic rings. The van der Waals surface area contributed by atoms with Crippen molar-refractivity contribution in [2.24, 2.45) is 0 Å². The molecule has 0 unspecified atom stereocenters. The van der Waals surface area contributed by atoms with E-state index in [2.05, 4.69) is 0 Å². The van der Waals surface area contributed by atoms with Gasteiger partial charge < -0.3 is 21.9 Å². The van der Waals surface area contributed by atoms with Gasteiger partial charge >= 0.3 is 0 Å². The number of ether oxygens (including phenoxy) is 2. The summed E-state index contributed by atoms with van der Waals surface area (Å²) in [7, 11) is 0. The summed E-state index contributed by atoms with van der Waals surface area (Å²) in [4.78, 5) is 4.83. The maximum Gasteiger partial charge on any atom is 0.231 e. The molecule has 5 rings (SSSR count). The van der Waals surface area contributed by atoms with Crippen LogP contribution in [-0.4, -0.2) is 11.8 Å². The van der Waals surface area contributed by atoms with Crippen molar-refractivity contribution in [3.05, 3.63) is 76.8 Å². The van der Waals surface area contributed by atoms with Gasteiger partial charge in [-0.15, -0.1) is 0 Å². The van der Waals surface area contributed by atoms with Crippen molar-refractivity contribution in [3.63, 3.8) is 0 Å². The minimum Gasteiger partial charge on any atom is -1.00 e. The van der Waals surface area contributed by atoms with Crippen LogP contribution in [-0.2, 0) is 0 Å². The van der Waals surface area contributed by atoms with Crippen LogP contribution in [0.5, 0.6) is 11.5 Å². The molecule has 3 nitrogen and oxygen atoms in total. The molecule has 0 spiro atoms. The number of fused-ring (bicyclic) bond motifs is 2. The van der Waals surface area contributed by atoms with Gasteiger partial charge in [-0.2, -0.15) is 0 Å². The lowest BCUT2D eigenvalue weighted by Gasteiger charge is -2.12. The van der Waals surface area contributed by atoms with Gasteiger partial charge in [0, 0.05) is 26.6 Å². The molecule has 0 atom stereocenters. The van der Waals surface area contributed by atoms with E-state index in [4.69, 9.17) is 37.7 Å². The van der Waals surface area contributed by atoms with E-state index in [1.807, 2.05) is 66.7 Å². The number of halogens is 3. The van der Waals surface area contributed by atoms with Gasteiger partial charge in [0.2, 0.25) is 6.79 Å². The Bertz CT molecular complexity index is 1190. The normalized spacial score (nSPS) is 12.1. The number of hydrogen-bond acceptors (Lipinski definition) is 3. The van der Waals surface area contributed by atoms with Gasteiger partial charge in [-0.05, 0) is 54.1 Å². The summed E-state index contributed by atoms with van der Waals surface area (Å²) in [5, 5.41) is 2.30. The van der Waals surface area contributed by atoms with E-state index >= 15 is 0 Å². The Morgan fingerprint density at radius 1 is 0.786 bits per heavy atom. The summed E-state index contributed by atoms with van der Waals surface area (Å²) in [6.07, 6.45) is 0. The van der Waals surface area contributed by atoms with Crippen LogP contribution in [0.2, 0.25) is 10.0 Å². The van der Waals surface area contributed by atoms with E-state index in [0.717, 1.165) is 44.8 Å². The monoisotopic (exact) mass is 428 g/mol. The van der Waals surface area contributed by atoms with Gasteiger partial charge in [-0.3, -0.25) is 0 Å². The molecule has 6 heteroatoms.